The number of nitrogens with zero attached hydrogens (tertiary/aromatic N) is 3. The fraction of sp³-hybridized carbons (Fsp3) is 0.280. The number of carbonyl (C=O) groups excluding carboxylic acids is 2. The van der Waals surface area contributed by atoms with E-state index in [-0.39, 0.29) is 46.3 Å². The van der Waals surface area contributed by atoms with Crippen molar-refractivity contribution >= 4 is 35.6 Å². The van der Waals surface area contributed by atoms with Crippen molar-refractivity contribution in [1.29, 1.82) is 0 Å². The van der Waals surface area contributed by atoms with Crippen LogP contribution < -0.4 is 15.8 Å². The molecule has 2 amide bonds. The molecule has 39 heavy (non-hydrogen) atoms. The lowest BCUT2D eigenvalue weighted by Gasteiger charge is -2.39. The van der Waals surface area contributed by atoms with Gasteiger partial charge < -0.3 is 35.1 Å². The van der Waals surface area contributed by atoms with Crippen molar-refractivity contribution in [2.45, 2.75) is 6.10 Å². The molecule has 4 N–H and O–H groups in total. The molecule has 0 unspecified atom stereocenters. The highest BCUT2D eigenvalue weighted by Crippen LogP contribution is 2.30. The van der Waals surface area contributed by atoms with Crippen LogP contribution in [0.3, 0.4) is 0 Å². The maximum Gasteiger partial charge on any atom is 0.291 e. The number of rotatable bonds is 8. The van der Waals surface area contributed by atoms with Crippen molar-refractivity contribution in [3.05, 3.63) is 64.6 Å². The molecular weight excluding hydrogens is 540 g/mol. The molecule has 1 aliphatic heterocycles. The summed E-state index contributed by atoms with van der Waals surface area (Å²) in [5.41, 5.74) is 6.16. The van der Waals surface area contributed by atoms with Crippen molar-refractivity contribution in [2.24, 2.45) is 12.8 Å². The molecule has 0 radical (unpaired) electrons. The Morgan fingerprint density at radius 1 is 1.26 bits per heavy atom. The highest BCUT2D eigenvalue weighted by molar-refractivity contribution is 6.34. The molecule has 1 saturated heterocycles. The van der Waals surface area contributed by atoms with E-state index in [1.54, 1.807) is 11.0 Å². The maximum atomic E-state index is 14.5. The van der Waals surface area contributed by atoms with Crippen LogP contribution in [0.2, 0.25) is 5.02 Å². The average molecular weight is 566 g/mol. The summed E-state index contributed by atoms with van der Waals surface area (Å²) in [6, 6.07) is 7.15. The van der Waals surface area contributed by atoms with Gasteiger partial charge in [-0.15, -0.1) is 0 Å². The smallest absolute Gasteiger partial charge is 0.291 e. The minimum Gasteiger partial charge on any atom is -0.494 e. The second-order valence-corrected chi connectivity index (χ2v) is 8.62. The van der Waals surface area contributed by atoms with Gasteiger partial charge in [-0.2, -0.15) is 4.39 Å². The molecule has 208 valence electrons. The highest BCUT2D eigenvalue weighted by atomic mass is 35.5. The van der Waals surface area contributed by atoms with Gasteiger partial charge in [0.15, 0.2) is 17.4 Å². The van der Waals surface area contributed by atoms with E-state index in [4.69, 9.17) is 36.7 Å². The molecule has 14 heteroatoms. The summed E-state index contributed by atoms with van der Waals surface area (Å²) in [5, 5.41) is 9.71. The Morgan fingerprint density at radius 2 is 1.95 bits per heavy atom. The third-order valence-electron chi connectivity index (χ3n) is 5.80. The first-order valence-corrected chi connectivity index (χ1v) is 11.9. The molecular formula is C25H26ClF2N5O6. The average Bonchev–Trinajstić information content (AvgIpc) is 3.26. The van der Waals surface area contributed by atoms with E-state index in [1.165, 1.54) is 49.2 Å². The van der Waals surface area contributed by atoms with Crippen molar-refractivity contribution in [3.63, 3.8) is 0 Å². The minimum atomic E-state index is -1.14. The van der Waals surface area contributed by atoms with Crippen LogP contribution in [0, 0.1) is 11.6 Å². The van der Waals surface area contributed by atoms with Gasteiger partial charge in [0.2, 0.25) is 5.82 Å². The van der Waals surface area contributed by atoms with E-state index in [0.717, 1.165) is 0 Å². The van der Waals surface area contributed by atoms with Crippen LogP contribution in [-0.4, -0.2) is 77.3 Å². The Balaban J connectivity index is 0.00000134. The number of aromatic nitrogens is 2. The Morgan fingerprint density at radius 3 is 2.56 bits per heavy atom. The van der Waals surface area contributed by atoms with Gasteiger partial charge in [-0.05, 0) is 30.3 Å². The second-order valence-electron chi connectivity index (χ2n) is 8.22. The standard InChI is InChI=1S/C24H24ClF2N5O4.CH2O2/c1-31-18(16-5-6-19(35-2)21(27)20(16)26)10-29-22(31)23(33)30-13-3-4-15(17(25)9-13)24(34)32-11-14(12-32)36-8-7-28;2-1-3/h3-6,9-10,14H,7-8,11-12,28H2,1-2H3,(H,30,33);1H,(H,2,3). The summed E-state index contributed by atoms with van der Waals surface area (Å²) < 4.78 is 40.3. The van der Waals surface area contributed by atoms with Gasteiger partial charge in [0, 0.05) is 37.9 Å². The molecule has 2 aromatic carbocycles. The first kappa shape index (κ1) is 29.5. The van der Waals surface area contributed by atoms with Crippen LogP contribution in [0.4, 0.5) is 14.5 Å². The lowest BCUT2D eigenvalue weighted by atomic mass is 10.1. The fourth-order valence-corrected chi connectivity index (χ4v) is 4.09. The molecule has 4 rings (SSSR count). The number of methoxy groups -OCH3 is 1. The third kappa shape index (κ3) is 6.50. The van der Waals surface area contributed by atoms with Gasteiger partial charge in [-0.25, -0.2) is 9.37 Å². The zero-order valence-electron chi connectivity index (χ0n) is 21.0. The van der Waals surface area contributed by atoms with E-state index in [0.29, 0.717) is 37.5 Å². The van der Waals surface area contributed by atoms with E-state index in [1.807, 2.05) is 0 Å². The Labute approximate surface area is 227 Å². The number of anilines is 1. The lowest BCUT2D eigenvalue weighted by Crippen LogP contribution is -2.55. The van der Waals surface area contributed by atoms with Crippen molar-refractivity contribution < 1.29 is 37.7 Å². The number of amides is 2. The van der Waals surface area contributed by atoms with E-state index >= 15 is 0 Å². The topological polar surface area (TPSA) is 149 Å². The monoisotopic (exact) mass is 565 g/mol. The number of benzene rings is 2. The summed E-state index contributed by atoms with van der Waals surface area (Å²) in [6.45, 7) is 1.51. The number of carbonyl (C=O) groups is 3. The Hall–Kier alpha value is -4.07. The number of likely N-dealkylation sites (tertiary alicyclic amines) is 1. The van der Waals surface area contributed by atoms with Crippen molar-refractivity contribution in [2.75, 3.05) is 38.7 Å². The fourth-order valence-electron chi connectivity index (χ4n) is 3.83. The maximum absolute atomic E-state index is 14.5. The van der Waals surface area contributed by atoms with Crippen molar-refractivity contribution in [3.8, 4) is 17.0 Å². The van der Waals surface area contributed by atoms with Crippen LogP contribution >= 0.6 is 11.6 Å². The quantitative estimate of drug-likeness (QED) is 0.353. The van der Waals surface area contributed by atoms with Crippen LogP contribution in [0.15, 0.2) is 36.5 Å². The number of imidazole rings is 1. The van der Waals surface area contributed by atoms with Crippen LogP contribution in [0.1, 0.15) is 21.0 Å². The minimum absolute atomic E-state index is 0.0407. The molecule has 3 aromatic rings. The van der Waals surface area contributed by atoms with Gasteiger partial charge in [0.25, 0.3) is 18.3 Å². The van der Waals surface area contributed by atoms with Gasteiger partial charge in [0.1, 0.15) is 0 Å². The molecule has 2 heterocycles. The largest absolute Gasteiger partial charge is 0.494 e. The molecule has 0 aliphatic carbocycles. The zero-order chi connectivity index (χ0) is 28.7. The predicted molar refractivity (Wildman–Crippen MR) is 138 cm³/mol. The lowest BCUT2D eigenvalue weighted by molar-refractivity contribution is -0.122. The number of hydrogen-bond donors (Lipinski definition) is 3. The van der Waals surface area contributed by atoms with Gasteiger partial charge in [0.05, 0.1) is 42.3 Å². The molecule has 0 spiro atoms. The van der Waals surface area contributed by atoms with E-state index < -0.39 is 17.5 Å². The number of halogens is 3. The number of ether oxygens (including phenoxy) is 2. The molecule has 1 fully saturated rings. The van der Waals surface area contributed by atoms with Crippen LogP contribution in [0.25, 0.3) is 11.3 Å². The van der Waals surface area contributed by atoms with Crippen LogP contribution in [0.5, 0.6) is 5.75 Å². The van der Waals surface area contributed by atoms with Gasteiger partial charge in [-0.1, -0.05) is 11.6 Å². The summed E-state index contributed by atoms with van der Waals surface area (Å²) in [5.74, 6) is -3.37. The highest BCUT2D eigenvalue weighted by Gasteiger charge is 2.32. The first-order chi connectivity index (χ1) is 18.7. The predicted octanol–water partition coefficient (Wildman–Crippen LogP) is 2.78. The number of hydrogen-bond acceptors (Lipinski definition) is 7. The molecule has 1 aliphatic rings. The SMILES string of the molecule is COc1ccc(-c2cnc(C(=O)Nc3ccc(C(=O)N4CC(OCCN)C4)c(Cl)c3)n2C)c(F)c1F.O=CO. The van der Waals surface area contributed by atoms with Crippen LogP contribution in [-0.2, 0) is 16.6 Å². The normalized spacial score (nSPS) is 12.7. The van der Waals surface area contributed by atoms with Gasteiger partial charge in [-0.3, -0.25) is 14.4 Å². The first-order valence-electron chi connectivity index (χ1n) is 11.5. The van der Waals surface area contributed by atoms with Gasteiger partial charge >= 0.3 is 0 Å². The molecule has 0 atom stereocenters. The summed E-state index contributed by atoms with van der Waals surface area (Å²) in [6.07, 6.45) is 1.23. The second kappa shape index (κ2) is 13.1. The zero-order valence-corrected chi connectivity index (χ0v) is 21.7. The summed E-state index contributed by atoms with van der Waals surface area (Å²) in [4.78, 5) is 39.5. The van der Waals surface area contributed by atoms with E-state index in [9.17, 15) is 18.4 Å². The number of carboxylic acid groups (broad SMARTS) is 1. The van der Waals surface area contributed by atoms with E-state index in [2.05, 4.69) is 10.3 Å². The van der Waals surface area contributed by atoms with Crippen molar-refractivity contribution in [1.82, 2.24) is 14.5 Å². The third-order valence-corrected chi connectivity index (χ3v) is 6.11. The molecule has 0 bridgehead atoms. The molecule has 0 saturated carbocycles. The molecule has 11 nitrogen and oxygen atoms in total. The summed E-state index contributed by atoms with van der Waals surface area (Å²) >= 11 is 6.32. The Bertz CT molecular complexity index is 1360. The number of nitrogens with one attached hydrogen (secondary N) is 1. The Kier molecular flexibility index (Phi) is 9.93. The number of nitrogens with two attached hydrogens (primary N) is 1. The summed E-state index contributed by atoms with van der Waals surface area (Å²) in [7, 11) is 2.74. The molecule has 1 aromatic heterocycles.